The van der Waals surface area contributed by atoms with Crippen LogP contribution in [0.5, 0.6) is 0 Å². The van der Waals surface area contributed by atoms with Crippen LogP contribution in [-0.4, -0.2) is 16.5 Å². The van der Waals surface area contributed by atoms with E-state index in [1.807, 2.05) is 0 Å². The van der Waals surface area contributed by atoms with E-state index < -0.39 is 0 Å². The predicted molar refractivity (Wildman–Crippen MR) is 45.3 cm³/mol. The summed E-state index contributed by atoms with van der Waals surface area (Å²) in [5.41, 5.74) is 5.11. The highest BCUT2D eigenvalue weighted by atomic mass is 79.9. The van der Waals surface area contributed by atoms with E-state index in [0.717, 1.165) is 0 Å². The Kier molecular flexibility index (Phi) is 2.78. The fourth-order valence-electron chi connectivity index (χ4n) is 0.680. The second kappa shape index (κ2) is 3.64. The molecule has 11 heavy (non-hydrogen) atoms. The Morgan fingerprint density at radius 1 is 1.73 bits per heavy atom. The first-order chi connectivity index (χ1) is 5.24. The summed E-state index contributed by atoms with van der Waals surface area (Å²) in [4.78, 5) is 17.5. The van der Waals surface area contributed by atoms with Crippen LogP contribution < -0.4 is 11.3 Å². The van der Waals surface area contributed by atoms with Gasteiger partial charge >= 0.3 is 0 Å². The van der Waals surface area contributed by atoms with Gasteiger partial charge in [-0.15, -0.1) is 0 Å². The average Bonchev–Trinajstić information content (AvgIpc) is 1.98. The summed E-state index contributed by atoms with van der Waals surface area (Å²) in [7, 11) is 0. The topological polar surface area (TPSA) is 71.8 Å². The largest absolute Gasteiger partial charge is 0.330 e. The summed E-state index contributed by atoms with van der Waals surface area (Å²) in [5.74, 6) is 0.626. The number of nitrogens with one attached hydrogen (secondary N) is 1. The van der Waals surface area contributed by atoms with Crippen molar-refractivity contribution in [3.63, 3.8) is 0 Å². The van der Waals surface area contributed by atoms with Gasteiger partial charge in [-0.3, -0.25) is 4.79 Å². The van der Waals surface area contributed by atoms with Crippen LogP contribution in [-0.2, 0) is 6.42 Å². The predicted octanol–water partition coefficient (Wildman–Crippen LogP) is 0.0336. The number of H-pyrrole nitrogens is 1. The lowest BCUT2D eigenvalue weighted by Gasteiger charge is -1.95. The van der Waals surface area contributed by atoms with Gasteiger partial charge in [0.25, 0.3) is 5.56 Å². The molecule has 0 aliphatic carbocycles. The van der Waals surface area contributed by atoms with Crippen molar-refractivity contribution < 1.29 is 0 Å². The Hall–Kier alpha value is -0.680. The maximum Gasteiger partial charge on any atom is 0.265 e. The van der Waals surface area contributed by atoms with Crippen LogP contribution in [0.2, 0.25) is 0 Å². The zero-order valence-electron chi connectivity index (χ0n) is 5.80. The number of nitrogens with two attached hydrogens (primary N) is 1. The lowest BCUT2D eigenvalue weighted by atomic mass is 10.4. The molecular weight excluding hydrogens is 210 g/mol. The molecule has 4 nitrogen and oxygen atoms in total. The summed E-state index contributed by atoms with van der Waals surface area (Å²) in [6.07, 6.45) is 2.08. The Morgan fingerprint density at radius 2 is 2.45 bits per heavy atom. The molecule has 1 aromatic heterocycles. The zero-order chi connectivity index (χ0) is 8.27. The van der Waals surface area contributed by atoms with Gasteiger partial charge in [0.15, 0.2) is 0 Å². The fraction of sp³-hybridized carbons (Fsp3) is 0.333. The van der Waals surface area contributed by atoms with Crippen LogP contribution in [0.1, 0.15) is 5.82 Å². The molecule has 5 heteroatoms. The number of nitrogens with zero attached hydrogens (tertiary/aromatic N) is 1. The van der Waals surface area contributed by atoms with Crippen molar-refractivity contribution in [2.75, 3.05) is 6.54 Å². The maximum atomic E-state index is 10.9. The van der Waals surface area contributed by atoms with Gasteiger partial charge in [0.1, 0.15) is 10.3 Å². The van der Waals surface area contributed by atoms with E-state index in [9.17, 15) is 4.79 Å². The lowest BCUT2D eigenvalue weighted by molar-refractivity contribution is 0.852. The molecule has 0 radical (unpaired) electrons. The molecule has 1 aromatic rings. The summed E-state index contributed by atoms with van der Waals surface area (Å²) in [6.45, 7) is 0.491. The van der Waals surface area contributed by atoms with Crippen LogP contribution >= 0.6 is 15.9 Å². The van der Waals surface area contributed by atoms with Gasteiger partial charge in [-0.05, 0) is 22.5 Å². The molecule has 0 amide bonds. The molecule has 0 aliphatic heterocycles. The third-order valence-corrected chi connectivity index (χ3v) is 1.75. The zero-order valence-corrected chi connectivity index (χ0v) is 7.39. The van der Waals surface area contributed by atoms with E-state index in [1.54, 1.807) is 0 Å². The van der Waals surface area contributed by atoms with E-state index in [-0.39, 0.29) is 5.56 Å². The smallest absolute Gasteiger partial charge is 0.265 e. The Labute approximate surface area is 72.0 Å². The molecule has 0 saturated carbocycles. The van der Waals surface area contributed by atoms with Crippen LogP contribution in [0.4, 0.5) is 0 Å². The quantitative estimate of drug-likeness (QED) is 0.735. The third-order valence-electron chi connectivity index (χ3n) is 1.19. The highest BCUT2D eigenvalue weighted by Crippen LogP contribution is 1.97. The molecule has 0 atom stereocenters. The number of rotatable bonds is 2. The highest BCUT2D eigenvalue weighted by Gasteiger charge is 1.96. The number of halogens is 1. The van der Waals surface area contributed by atoms with E-state index in [2.05, 4.69) is 25.9 Å². The minimum atomic E-state index is -0.163. The highest BCUT2D eigenvalue weighted by molar-refractivity contribution is 9.10. The van der Waals surface area contributed by atoms with Crippen molar-refractivity contribution in [2.45, 2.75) is 6.42 Å². The van der Waals surface area contributed by atoms with Gasteiger partial charge in [0, 0.05) is 12.6 Å². The molecule has 3 N–H and O–H groups in total. The van der Waals surface area contributed by atoms with Crippen molar-refractivity contribution in [1.29, 1.82) is 0 Å². The average molecular weight is 218 g/mol. The van der Waals surface area contributed by atoms with E-state index in [0.29, 0.717) is 23.3 Å². The monoisotopic (exact) mass is 217 g/mol. The minimum Gasteiger partial charge on any atom is -0.330 e. The number of hydrogen-bond donors (Lipinski definition) is 2. The first-order valence-corrected chi connectivity index (χ1v) is 3.97. The van der Waals surface area contributed by atoms with Crippen molar-refractivity contribution in [2.24, 2.45) is 5.73 Å². The second-order valence-electron chi connectivity index (χ2n) is 2.05. The van der Waals surface area contributed by atoms with Crippen LogP contribution in [0.25, 0.3) is 0 Å². The Morgan fingerprint density at radius 3 is 3.00 bits per heavy atom. The molecule has 0 fully saturated rings. The van der Waals surface area contributed by atoms with E-state index in [4.69, 9.17) is 5.73 Å². The van der Waals surface area contributed by atoms with E-state index in [1.165, 1.54) is 6.20 Å². The number of aromatic amines is 1. The molecule has 0 unspecified atom stereocenters. The molecule has 0 spiro atoms. The first kappa shape index (κ1) is 8.42. The maximum absolute atomic E-state index is 10.9. The SMILES string of the molecule is NCCc1ncc(Br)c(=O)[nH]1. The van der Waals surface area contributed by atoms with Gasteiger partial charge in [0.2, 0.25) is 0 Å². The van der Waals surface area contributed by atoms with E-state index >= 15 is 0 Å². The molecule has 0 saturated heterocycles. The second-order valence-corrected chi connectivity index (χ2v) is 2.90. The molecule has 0 aliphatic rings. The third kappa shape index (κ3) is 2.13. The Bertz CT molecular complexity index is 296. The summed E-state index contributed by atoms with van der Waals surface area (Å²) in [5, 5.41) is 0. The van der Waals surface area contributed by atoms with Crippen molar-refractivity contribution in [3.8, 4) is 0 Å². The van der Waals surface area contributed by atoms with Gasteiger partial charge in [0.05, 0.1) is 0 Å². The molecule has 0 aromatic carbocycles. The molecule has 1 rings (SSSR count). The summed E-state index contributed by atoms with van der Waals surface area (Å²) in [6, 6.07) is 0. The summed E-state index contributed by atoms with van der Waals surface area (Å²) < 4.78 is 0.443. The van der Waals surface area contributed by atoms with Crippen molar-refractivity contribution >= 4 is 15.9 Å². The van der Waals surface area contributed by atoms with Crippen LogP contribution in [0.3, 0.4) is 0 Å². The minimum absolute atomic E-state index is 0.163. The first-order valence-electron chi connectivity index (χ1n) is 3.18. The van der Waals surface area contributed by atoms with Gasteiger partial charge < -0.3 is 10.7 Å². The number of hydrogen-bond acceptors (Lipinski definition) is 3. The van der Waals surface area contributed by atoms with Crippen molar-refractivity contribution in [3.05, 3.63) is 26.8 Å². The van der Waals surface area contributed by atoms with Crippen LogP contribution in [0.15, 0.2) is 15.5 Å². The van der Waals surface area contributed by atoms with Crippen LogP contribution in [0, 0.1) is 0 Å². The molecule has 0 bridgehead atoms. The fourth-order valence-corrected chi connectivity index (χ4v) is 0.882. The molecule has 1 heterocycles. The van der Waals surface area contributed by atoms with Gasteiger partial charge in [-0.1, -0.05) is 0 Å². The molecule has 60 valence electrons. The number of aromatic nitrogens is 2. The normalized spacial score (nSPS) is 10.0. The van der Waals surface area contributed by atoms with Crippen molar-refractivity contribution in [1.82, 2.24) is 9.97 Å². The standard InChI is InChI=1S/C6H8BrN3O/c7-4-3-9-5(1-2-8)10-6(4)11/h3H,1-2,8H2,(H,9,10,11). The molecular formula is C6H8BrN3O. The Balaban J connectivity index is 2.96. The lowest BCUT2D eigenvalue weighted by Crippen LogP contribution is -2.14. The van der Waals surface area contributed by atoms with Gasteiger partial charge in [-0.2, -0.15) is 0 Å². The summed E-state index contributed by atoms with van der Waals surface area (Å²) >= 11 is 3.04. The van der Waals surface area contributed by atoms with Gasteiger partial charge in [-0.25, -0.2) is 4.98 Å².